The number of hydrogen-bond donors (Lipinski definition) is 0. The van der Waals surface area contributed by atoms with E-state index in [1.54, 1.807) is 7.05 Å². The standard InChI is InChI=1S/C26H34N6O4.C2H6/c1-25(2,3)36-24(33)30(6)18-9-7-17(8-10-18)20-28-21(31-11-14-34-15-12-31)19-22(29-20)32-13-16-35-26(4,5)23(32)27-19;1-2/h7-10H,11-16H2,1-6H3;1-2H3. The summed E-state index contributed by atoms with van der Waals surface area (Å²) in [6.07, 6.45) is -0.404. The highest BCUT2D eigenvalue weighted by Gasteiger charge is 2.34. The Bertz CT molecular complexity index is 1270. The number of imidazole rings is 1. The molecule has 0 unspecified atom stereocenters. The lowest BCUT2D eigenvalue weighted by molar-refractivity contribution is -0.0530. The highest BCUT2D eigenvalue weighted by Crippen LogP contribution is 2.35. The van der Waals surface area contributed by atoms with Crippen molar-refractivity contribution in [2.45, 2.75) is 66.2 Å². The van der Waals surface area contributed by atoms with E-state index in [0.29, 0.717) is 32.2 Å². The van der Waals surface area contributed by atoms with Gasteiger partial charge < -0.3 is 23.7 Å². The van der Waals surface area contributed by atoms with Gasteiger partial charge in [-0.05, 0) is 58.9 Å². The molecule has 10 nitrogen and oxygen atoms in total. The molecule has 0 spiro atoms. The number of rotatable bonds is 3. The second-order valence-electron chi connectivity index (χ2n) is 10.7. The van der Waals surface area contributed by atoms with E-state index >= 15 is 0 Å². The molecule has 1 amide bonds. The topological polar surface area (TPSA) is 94.8 Å². The molecule has 10 heteroatoms. The summed E-state index contributed by atoms with van der Waals surface area (Å²) in [7, 11) is 1.70. The normalized spacial score (nSPS) is 16.9. The minimum atomic E-state index is -0.561. The lowest BCUT2D eigenvalue weighted by Gasteiger charge is -2.30. The fourth-order valence-electron chi connectivity index (χ4n) is 4.51. The number of anilines is 2. The van der Waals surface area contributed by atoms with E-state index in [4.69, 9.17) is 29.2 Å². The van der Waals surface area contributed by atoms with Crippen LogP contribution in [0.25, 0.3) is 22.6 Å². The molecule has 2 aliphatic rings. The van der Waals surface area contributed by atoms with Crippen LogP contribution in [0.1, 0.15) is 54.3 Å². The van der Waals surface area contributed by atoms with E-state index < -0.39 is 17.3 Å². The molecule has 1 saturated heterocycles. The van der Waals surface area contributed by atoms with Crippen molar-refractivity contribution in [3.8, 4) is 11.4 Å². The summed E-state index contributed by atoms with van der Waals surface area (Å²) < 4.78 is 19.2. The predicted molar refractivity (Wildman–Crippen MR) is 149 cm³/mol. The van der Waals surface area contributed by atoms with Gasteiger partial charge in [-0.1, -0.05) is 13.8 Å². The molecule has 0 saturated carbocycles. The highest BCUT2D eigenvalue weighted by atomic mass is 16.6. The number of fused-ring (bicyclic) bond motifs is 3. The van der Waals surface area contributed by atoms with Crippen molar-refractivity contribution >= 4 is 28.8 Å². The monoisotopic (exact) mass is 524 g/mol. The van der Waals surface area contributed by atoms with Crippen LogP contribution in [-0.2, 0) is 26.4 Å². The number of aromatic nitrogens is 4. The highest BCUT2D eigenvalue weighted by molar-refractivity contribution is 5.88. The molecular weight excluding hydrogens is 484 g/mol. The van der Waals surface area contributed by atoms with Crippen LogP contribution in [0, 0.1) is 0 Å². The number of carbonyl (C=O) groups excluding carboxylic acids is 1. The Morgan fingerprint density at radius 3 is 2.29 bits per heavy atom. The maximum atomic E-state index is 12.5. The number of morpholine rings is 1. The Balaban J connectivity index is 0.00000164. The summed E-state index contributed by atoms with van der Waals surface area (Å²) in [5.41, 5.74) is 2.11. The summed E-state index contributed by atoms with van der Waals surface area (Å²) in [6.45, 7) is 17.7. The molecule has 0 aliphatic carbocycles. The average Bonchev–Trinajstić information content (AvgIpc) is 3.29. The molecule has 1 fully saturated rings. The van der Waals surface area contributed by atoms with Crippen LogP contribution in [0.5, 0.6) is 0 Å². The van der Waals surface area contributed by atoms with Crippen molar-refractivity contribution in [1.29, 1.82) is 0 Å². The lowest BCUT2D eigenvalue weighted by atomic mass is 10.1. The van der Waals surface area contributed by atoms with E-state index in [1.165, 1.54) is 4.90 Å². The number of hydrogen-bond acceptors (Lipinski definition) is 8. The third-order valence-electron chi connectivity index (χ3n) is 6.38. The Labute approximate surface area is 224 Å². The van der Waals surface area contributed by atoms with Crippen molar-refractivity contribution in [2.75, 3.05) is 49.8 Å². The molecule has 4 heterocycles. The quantitative estimate of drug-likeness (QED) is 0.473. The number of nitrogens with zero attached hydrogens (tertiary/aromatic N) is 6. The molecule has 0 radical (unpaired) electrons. The number of ether oxygens (including phenoxy) is 3. The van der Waals surface area contributed by atoms with Crippen molar-refractivity contribution in [3.63, 3.8) is 0 Å². The van der Waals surface area contributed by atoms with Gasteiger partial charge in [-0.25, -0.2) is 19.7 Å². The van der Waals surface area contributed by atoms with Gasteiger partial charge in [0.15, 0.2) is 22.8 Å². The van der Waals surface area contributed by atoms with Crippen molar-refractivity contribution < 1.29 is 19.0 Å². The van der Waals surface area contributed by atoms with Crippen molar-refractivity contribution in [3.05, 3.63) is 30.1 Å². The first-order valence-corrected chi connectivity index (χ1v) is 13.4. The minimum absolute atomic E-state index is 0.404. The summed E-state index contributed by atoms with van der Waals surface area (Å²) in [6, 6.07) is 7.62. The minimum Gasteiger partial charge on any atom is -0.443 e. The van der Waals surface area contributed by atoms with Crippen LogP contribution in [-0.4, -0.2) is 71.2 Å². The summed E-state index contributed by atoms with van der Waals surface area (Å²) >= 11 is 0. The number of amides is 1. The van der Waals surface area contributed by atoms with Crippen LogP contribution in [0.2, 0.25) is 0 Å². The van der Waals surface area contributed by atoms with Gasteiger partial charge in [0.2, 0.25) is 0 Å². The molecule has 0 atom stereocenters. The fourth-order valence-corrected chi connectivity index (χ4v) is 4.51. The second kappa shape index (κ2) is 10.9. The first kappa shape index (κ1) is 27.8. The van der Waals surface area contributed by atoms with Gasteiger partial charge in [-0.15, -0.1) is 0 Å². The average molecular weight is 525 g/mol. The molecule has 0 bridgehead atoms. The molecule has 3 aromatic rings. The van der Waals surface area contributed by atoms with Gasteiger partial charge in [-0.2, -0.15) is 0 Å². The van der Waals surface area contributed by atoms with Gasteiger partial charge in [0.05, 0.1) is 19.8 Å². The molecule has 5 rings (SSSR count). The Morgan fingerprint density at radius 2 is 1.66 bits per heavy atom. The van der Waals surface area contributed by atoms with Gasteiger partial charge >= 0.3 is 6.09 Å². The fraction of sp³-hybridized carbons (Fsp3) is 0.571. The number of carbonyl (C=O) groups is 1. The molecule has 0 N–H and O–H groups in total. The van der Waals surface area contributed by atoms with Crippen LogP contribution in [0.3, 0.4) is 0 Å². The first-order valence-electron chi connectivity index (χ1n) is 13.4. The molecule has 2 aromatic heterocycles. The molecule has 1 aromatic carbocycles. The Kier molecular flexibility index (Phi) is 7.94. The Hall–Kier alpha value is -3.24. The van der Waals surface area contributed by atoms with Crippen LogP contribution in [0.15, 0.2) is 24.3 Å². The van der Waals surface area contributed by atoms with Gasteiger partial charge in [0, 0.05) is 37.9 Å². The lowest BCUT2D eigenvalue weighted by Crippen LogP contribution is -2.37. The maximum absolute atomic E-state index is 12.5. The smallest absolute Gasteiger partial charge is 0.414 e. The molecule has 2 aliphatic heterocycles. The zero-order chi connectivity index (χ0) is 27.7. The maximum Gasteiger partial charge on any atom is 0.414 e. The molecule has 206 valence electrons. The second-order valence-corrected chi connectivity index (χ2v) is 10.7. The van der Waals surface area contributed by atoms with E-state index in [2.05, 4.69) is 9.47 Å². The van der Waals surface area contributed by atoms with E-state index in [-0.39, 0.29) is 0 Å². The largest absolute Gasteiger partial charge is 0.443 e. The van der Waals surface area contributed by atoms with Crippen molar-refractivity contribution in [2.24, 2.45) is 0 Å². The number of benzene rings is 1. The summed E-state index contributed by atoms with van der Waals surface area (Å²) in [5.74, 6) is 2.28. The van der Waals surface area contributed by atoms with Gasteiger partial charge in [-0.3, -0.25) is 4.90 Å². The SMILES string of the molecule is CC.CN(C(=O)OC(C)(C)C)c1ccc(-c2nc(N3CCOCC3)c3nc4n(c3n2)CCOC4(C)C)cc1. The third-order valence-corrected chi connectivity index (χ3v) is 6.38. The van der Waals surface area contributed by atoms with Crippen molar-refractivity contribution in [1.82, 2.24) is 19.5 Å². The zero-order valence-corrected chi connectivity index (χ0v) is 23.9. The van der Waals surface area contributed by atoms with Crippen LogP contribution >= 0.6 is 0 Å². The van der Waals surface area contributed by atoms with E-state index in [0.717, 1.165) is 47.1 Å². The molecular formula is C28H40N6O4. The Morgan fingerprint density at radius 1 is 1.00 bits per heavy atom. The van der Waals surface area contributed by atoms with Crippen LogP contribution < -0.4 is 9.80 Å². The first-order chi connectivity index (χ1) is 18.0. The predicted octanol–water partition coefficient (Wildman–Crippen LogP) is 4.99. The van der Waals surface area contributed by atoms with E-state index in [9.17, 15) is 4.79 Å². The van der Waals surface area contributed by atoms with Gasteiger partial charge in [0.1, 0.15) is 17.0 Å². The summed E-state index contributed by atoms with van der Waals surface area (Å²) in [4.78, 5) is 31.1. The summed E-state index contributed by atoms with van der Waals surface area (Å²) in [5, 5.41) is 0. The van der Waals surface area contributed by atoms with E-state index in [1.807, 2.05) is 72.7 Å². The van der Waals surface area contributed by atoms with Gasteiger partial charge in [0.25, 0.3) is 0 Å². The third kappa shape index (κ3) is 5.61. The molecule has 38 heavy (non-hydrogen) atoms. The van der Waals surface area contributed by atoms with Crippen LogP contribution in [0.4, 0.5) is 16.3 Å². The zero-order valence-electron chi connectivity index (χ0n) is 23.9.